The monoisotopic (exact) mass is 280 g/mol. The molecule has 0 radical (unpaired) electrons. The van der Waals surface area contributed by atoms with Crippen molar-refractivity contribution >= 4 is 5.82 Å². The lowest BCUT2D eigenvalue weighted by molar-refractivity contribution is 0.800. The van der Waals surface area contributed by atoms with Gasteiger partial charge >= 0.3 is 0 Å². The van der Waals surface area contributed by atoms with E-state index in [0.29, 0.717) is 11.6 Å². The highest BCUT2D eigenvalue weighted by atomic mass is 15.4. The van der Waals surface area contributed by atoms with Gasteiger partial charge in [-0.25, -0.2) is 15.0 Å². The Kier molecular flexibility index (Phi) is 3.35. The van der Waals surface area contributed by atoms with Gasteiger partial charge in [-0.2, -0.15) is 4.68 Å². The fraction of sp³-hybridized carbons (Fsp3) is 0.200. The van der Waals surface area contributed by atoms with Gasteiger partial charge in [0.05, 0.1) is 0 Å². The zero-order valence-corrected chi connectivity index (χ0v) is 12.2. The molecule has 0 bridgehead atoms. The number of nitrogens with one attached hydrogen (secondary N) is 1. The summed E-state index contributed by atoms with van der Waals surface area (Å²) < 4.78 is 1.73. The molecule has 0 aliphatic rings. The van der Waals surface area contributed by atoms with Crippen LogP contribution >= 0.6 is 0 Å². The SMILES string of the molecule is CNc1cc(-n2nc(C)nc2C)nc(-c2ccccc2)n1. The van der Waals surface area contributed by atoms with Gasteiger partial charge in [-0.1, -0.05) is 30.3 Å². The van der Waals surface area contributed by atoms with Gasteiger partial charge in [0.1, 0.15) is 17.5 Å². The molecule has 3 rings (SSSR count). The average Bonchev–Trinajstić information content (AvgIpc) is 2.86. The van der Waals surface area contributed by atoms with Crippen LogP contribution in [0.3, 0.4) is 0 Å². The van der Waals surface area contributed by atoms with E-state index in [-0.39, 0.29) is 0 Å². The Bertz CT molecular complexity index is 763. The van der Waals surface area contributed by atoms with Crippen LogP contribution in [0, 0.1) is 13.8 Å². The first-order valence-electron chi connectivity index (χ1n) is 6.70. The van der Waals surface area contributed by atoms with Crippen LogP contribution in [0.15, 0.2) is 36.4 Å². The lowest BCUT2D eigenvalue weighted by Gasteiger charge is -2.08. The molecular formula is C15H16N6. The molecule has 0 spiro atoms. The van der Waals surface area contributed by atoms with E-state index in [2.05, 4.69) is 25.4 Å². The third-order valence-corrected chi connectivity index (χ3v) is 3.09. The van der Waals surface area contributed by atoms with Crippen LogP contribution in [-0.2, 0) is 0 Å². The summed E-state index contributed by atoms with van der Waals surface area (Å²) in [5, 5.41) is 7.44. The van der Waals surface area contributed by atoms with E-state index >= 15 is 0 Å². The van der Waals surface area contributed by atoms with Gasteiger partial charge in [-0.15, -0.1) is 5.10 Å². The summed E-state index contributed by atoms with van der Waals surface area (Å²) in [5.41, 5.74) is 0.963. The van der Waals surface area contributed by atoms with Crippen molar-refractivity contribution in [1.82, 2.24) is 24.7 Å². The molecule has 0 aliphatic carbocycles. The molecule has 1 N–H and O–H groups in total. The predicted molar refractivity (Wildman–Crippen MR) is 81.4 cm³/mol. The summed E-state index contributed by atoms with van der Waals surface area (Å²) in [6.07, 6.45) is 0. The van der Waals surface area contributed by atoms with Crippen molar-refractivity contribution < 1.29 is 0 Å². The minimum absolute atomic E-state index is 0.657. The van der Waals surface area contributed by atoms with Crippen molar-refractivity contribution in [2.45, 2.75) is 13.8 Å². The number of hydrogen-bond acceptors (Lipinski definition) is 5. The first-order chi connectivity index (χ1) is 10.2. The third kappa shape index (κ3) is 2.60. The Labute approximate surface area is 122 Å². The molecule has 6 nitrogen and oxygen atoms in total. The van der Waals surface area contributed by atoms with Crippen LogP contribution in [-0.4, -0.2) is 31.8 Å². The standard InChI is InChI=1S/C15H16N6/c1-10-17-11(2)21(20-10)14-9-13(16-3)18-15(19-14)12-7-5-4-6-8-12/h4-9H,1-3H3,(H,16,18,19). The van der Waals surface area contributed by atoms with Crippen molar-refractivity contribution in [2.24, 2.45) is 0 Å². The van der Waals surface area contributed by atoms with Gasteiger partial charge in [0, 0.05) is 18.7 Å². The fourth-order valence-electron chi connectivity index (χ4n) is 2.13. The molecular weight excluding hydrogens is 264 g/mol. The molecule has 21 heavy (non-hydrogen) atoms. The van der Waals surface area contributed by atoms with E-state index in [9.17, 15) is 0 Å². The average molecular weight is 280 g/mol. The van der Waals surface area contributed by atoms with Gasteiger partial charge < -0.3 is 5.32 Å². The number of benzene rings is 1. The summed E-state index contributed by atoms with van der Waals surface area (Å²) in [6, 6.07) is 11.7. The number of nitrogens with zero attached hydrogens (tertiary/aromatic N) is 5. The maximum atomic E-state index is 4.61. The van der Waals surface area contributed by atoms with Crippen LogP contribution < -0.4 is 5.32 Å². The van der Waals surface area contributed by atoms with Gasteiger partial charge in [0.25, 0.3) is 0 Å². The Morgan fingerprint density at radius 3 is 2.38 bits per heavy atom. The molecule has 2 aromatic heterocycles. The lowest BCUT2D eigenvalue weighted by Crippen LogP contribution is -2.06. The highest BCUT2D eigenvalue weighted by molar-refractivity contribution is 5.58. The number of aromatic nitrogens is 5. The first kappa shape index (κ1) is 13.2. The molecule has 0 saturated carbocycles. The van der Waals surface area contributed by atoms with Crippen molar-refractivity contribution in [3.8, 4) is 17.2 Å². The van der Waals surface area contributed by atoms with Gasteiger partial charge in [0.2, 0.25) is 0 Å². The largest absolute Gasteiger partial charge is 0.373 e. The second kappa shape index (κ2) is 5.32. The normalized spacial score (nSPS) is 10.6. The maximum absolute atomic E-state index is 4.61. The molecule has 0 atom stereocenters. The Morgan fingerprint density at radius 1 is 1.00 bits per heavy atom. The van der Waals surface area contributed by atoms with E-state index in [4.69, 9.17) is 0 Å². The molecule has 0 saturated heterocycles. The number of hydrogen-bond donors (Lipinski definition) is 1. The molecule has 2 heterocycles. The third-order valence-electron chi connectivity index (χ3n) is 3.09. The zero-order valence-electron chi connectivity index (χ0n) is 12.2. The molecule has 106 valence electrons. The molecule has 0 aliphatic heterocycles. The van der Waals surface area contributed by atoms with Crippen molar-refractivity contribution in [3.05, 3.63) is 48.0 Å². The smallest absolute Gasteiger partial charge is 0.163 e. The van der Waals surface area contributed by atoms with Gasteiger partial charge in [-0.05, 0) is 13.8 Å². The van der Waals surface area contributed by atoms with Gasteiger partial charge in [-0.3, -0.25) is 0 Å². The van der Waals surface area contributed by atoms with Crippen LogP contribution in [0.1, 0.15) is 11.6 Å². The highest BCUT2D eigenvalue weighted by Crippen LogP contribution is 2.19. The van der Waals surface area contributed by atoms with Crippen LogP contribution in [0.5, 0.6) is 0 Å². The maximum Gasteiger partial charge on any atom is 0.163 e. The molecule has 3 aromatic rings. The van der Waals surface area contributed by atoms with E-state index in [1.165, 1.54) is 0 Å². The summed E-state index contributed by atoms with van der Waals surface area (Å²) in [7, 11) is 1.83. The quantitative estimate of drug-likeness (QED) is 0.797. The lowest BCUT2D eigenvalue weighted by atomic mass is 10.2. The topological polar surface area (TPSA) is 68.5 Å². The summed E-state index contributed by atoms with van der Waals surface area (Å²) >= 11 is 0. The summed E-state index contributed by atoms with van der Waals surface area (Å²) in [6.45, 7) is 3.77. The summed E-state index contributed by atoms with van der Waals surface area (Å²) in [5.74, 6) is 3.62. The van der Waals surface area contributed by atoms with E-state index in [1.807, 2.05) is 57.3 Å². The molecule has 0 fully saturated rings. The first-order valence-corrected chi connectivity index (χ1v) is 6.70. The van der Waals surface area contributed by atoms with E-state index < -0.39 is 0 Å². The molecule has 6 heteroatoms. The Balaban J connectivity index is 2.16. The Hall–Kier alpha value is -2.76. The van der Waals surface area contributed by atoms with Crippen molar-refractivity contribution in [1.29, 1.82) is 0 Å². The fourth-order valence-corrected chi connectivity index (χ4v) is 2.13. The molecule has 1 aromatic carbocycles. The Morgan fingerprint density at radius 2 is 1.76 bits per heavy atom. The predicted octanol–water partition coefficient (Wildman–Crippen LogP) is 2.38. The zero-order chi connectivity index (χ0) is 14.8. The minimum Gasteiger partial charge on any atom is -0.373 e. The molecule has 0 unspecified atom stereocenters. The number of rotatable bonds is 3. The molecule has 0 amide bonds. The van der Waals surface area contributed by atoms with Crippen molar-refractivity contribution in [3.63, 3.8) is 0 Å². The van der Waals surface area contributed by atoms with E-state index in [1.54, 1.807) is 4.68 Å². The minimum atomic E-state index is 0.657. The van der Waals surface area contributed by atoms with E-state index in [0.717, 1.165) is 23.0 Å². The number of anilines is 1. The van der Waals surface area contributed by atoms with Crippen LogP contribution in [0.4, 0.5) is 5.82 Å². The van der Waals surface area contributed by atoms with Crippen LogP contribution in [0.25, 0.3) is 17.2 Å². The number of aryl methyl sites for hydroxylation is 2. The van der Waals surface area contributed by atoms with Crippen LogP contribution in [0.2, 0.25) is 0 Å². The summed E-state index contributed by atoms with van der Waals surface area (Å²) in [4.78, 5) is 13.4. The second-order valence-corrected chi connectivity index (χ2v) is 4.67. The second-order valence-electron chi connectivity index (χ2n) is 4.67. The highest BCUT2D eigenvalue weighted by Gasteiger charge is 2.11. The van der Waals surface area contributed by atoms with Crippen molar-refractivity contribution in [2.75, 3.05) is 12.4 Å². The van der Waals surface area contributed by atoms with Gasteiger partial charge in [0.15, 0.2) is 11.6 Å².